The molecule has 3 atom stereocenters. The number of hydrogen-bond donors (Lipinski definition) is 3. The molecule has 2 aliphatic heterocycles. The number of hydrogen-bond acceptors (Lipinski definition) is 3. The van der Waals surface area contributed by atoms with Gasteiger partial charge in [-0.1, -0.05) is 6.07 Å². The van der Waals surface area contributed by atoms with Gasteiger partial charge in [0.2, 0.25) is 5.91 Å². The Kier molecular flexibility index (Phi) is 4.69. The van der Waals surface area contributed by atoms with Gasteiger partial charge < -0.3 is 16.0 Å². The molecule has 6 heteroatoms. The van der Waals surface area contributed by atoms with Crippen molar-refractivity contribution in [1.82, 2.24) is 16.0 Å². The van der Waals surface area contributed by atoms with Crippen LogP contribution in [0, 0.1) is 17.6 Å². The molecule has 0 radical (unpaired) electrons. The van der Waals surface area contributed by atoms with Crippen molar-refractivity contribution in [2.24, 2.45) is 5.92 Å². The fourth-order valence-electron chi connectivity index (χ4n) is 3.33. The molecular formula is C16H21F2N3O. The van der Waals surface area contributed by atoms with Crippen LogP contribution < -0.4 is 16.0 Å². The molecule has 3 unspecified atom stereocenters. The molecule has 22 heavy (non-hydrogen) atoms. The van der Waals surface area contributed by atoms with Crippen LogP contribution in [0.2, 0.25) is 0 Å². The summed E-state index contributed by atoms with van der Waals surface area (Å²) < 4.78 is 26.6. The summed E-state index contributed by atoms with van der Waals surface area (Å²) in [6, 6.07) is 3.94. The molecule has 2 heterocycles. The van der Waals surface area contributed by atoms with Crippen molar-refractivity contribution in [3.8, 4) is 0 Å². The Morgan fingerprint density at radius 2 is 1.86 bits per heavy atom. The Labute approximate surface area is 128 Å². The fourth-order valence-corrected chi connectivity index (χ4v) is 3.33. The Morgan fingerprint density at radius 3 is 2.59 bits per heavy atom. The molecule has 120 valence electrons. The molecule has 0 bridgehead atoms. The van der Waals surface area contributed by atoms with Crippen LogP contribution in [0.25, 0.3) is 0 Å². The highest BCUT2D eigenvalue weighted by Crippen LogP contribution is 2.27. The van der Waals surface area contributed by atoms with E-state index >= 15 is 0 Å². The Hall–Kier alpha value is -1.53. The maximum atomic E-state index is 13.5. The van der Waals surface area contributed by atoms with E-state index in [0.717, 1.165) is 37.6 Å². The number of rotatable bonds is 3. The lowest BCUT2D eigenvalue weighted by Gasteiger charge is -2.34. The zero-order valence-corrected chi connectivity index (χ0v) is 12.4. The summed E-state index contributed by atoms with van der Waals surface area (Å²) in [5.41, 5.74) is 0.746. The van der Waals surface area contributed by atoms with Crippen molar-refractivity contribution in [1.29, 1.82) is 0 Å². The molecule has 0 aromatic heterocycles. The highest BCUT2D eigenvalue weighted by molar-refractivity contribution is 5.79. The van der Waals surface area contributed by atoms with Gasteiger partial charge in [0.05, 0.1) is 5.92 Å². The van der Waals surface area contributed by atoms with Crippen LogP contribution in [0.3, 0.4) is 0 Å². The van der Waals surface area contributed by atoms with E-state index in [1.54, 1.807) is 6.07 Å². The van der Waals surface area contributed by atoms with Gasteiger partial charge in [-0.25, -0.2) is 8.78 Å². The summed E-state index contributed by atoms with van der Waals surface area (Å²) in [6.45, 7) is 3.03. The molecule has 0 saturated carbocycles. The maximum absolute atomic E-state index is 13.5. The van der Waals surface area contributed by atoms with E-state index in [4.69, 9.17) is 0 Å². The first-order chi connectivity index (χ1) is 10.6. The van der Waals surface area contributed by atoms with Crippen molar-refractivity contribution in [3.63, 3.8) is 0 Å². The van der Waals surface area contributed by atoms with Gasteiger partial charge in [-0.05, 0) is 43.6 Å². The molecule has 1 amide bonds. The molecule has 3 N–H and O–H groups in total. The van der Waals surface area contributed by atoms with Gasteiger partial charge >= 0.3 is 0 Å². The SMILES string of the molecule is O=C(NC1CNCCC1c1ccc(F)c(F)c1)C1CCNC1. The highest BCUT2D eigenvalue weighted by atomic mass is 19.2. The van der Waals surface area contributed by atoms with Gasteiger partial charge in [0.1, 0.15) is 0 Å². The van der Waals surface area contributed by atoms with E-state index in [9.17, 15) is 13.6 Å². The largest absolute Gasteiger partial charge is 0.351 e. The smallest absolute Gasteiger partial charge is 0.224 e. The standard InChI is InChI=1S/C16H21F2N3O/c17-13-2-1-10(7-14(13)18)12-4-6-20-9-15(12)21-16(22)11-3-5-19-8-11/h1-2,7,11-12,15,19-20H,3-6,8-9H2,(H,21,22). The minimum Gasteiger partial charge on any atom is -0.351 e. The quantitative estimate of drug-likeness (QED) is 0.785. The van der Waals surface area contributed by atoms with Gasteiger partial charge in [-0.15, -0.1) is 0 Å². The summed E-state index contributed by atoms with van der Waals surface area (Å²) in [6.07, 6.45) is 1.64. The van der Waals surface area contributed by atoms with Crippen LogP contribution in [0.4, 0.5) is 8.78 Å². The summed E-state index contributed by atoms with van der Waals surface area (Å²) in [5, 5.41) is 9.52. The topological polar surface area (TPSA) is 53.2 Å². The average molecular weight is 309 g/mol. The van der Waals surface area contributed by atoms with Crippen LogP contribution >= 0.6 is 0 Å². The normalized spacial score (nSPS) is 28.5. The van der Waals surface area contributed by atoms with E-state index in [2.05, 4.69) is 16.0 Å². The molecule has 1 aromatic rings. The van der Waals surface area contributed by atoms with E-state index in [-0.39, 0.29) is 23.8 Å². The maximum Gasteiger partial charge on any atom is 0.224 e. The van der Waals surface area contributed by atoms with Crippen LogP contribution in [0.15, 0.2) is 18.2 Å². The van der Waals surface area contributed by atoms with Crippen molar-refractivity contribution in [2.75, 3.05) is 26.2 Å². The fraction of sp³-hybridized carbons (Fsp3) is 0.562. The molecule has 1 aromatic carbocycles. The molecule has 2 aliphatic rings. The second-order valence-corrected chi connectivity index (χ2v) is 6.08. The number of carbonyl (C=O) groups is 1. The minimum absolute atomic E-state index is 0.00697. The van der Waals surface area contributed by atoms with Crippen LogP contribution in [0.1, 0.15) is 24.3 Å². The minimum atomic E-state index is -0.838. The van der Waals surface area contributed by atoms with Gasteiger partial charge in [0.15, 0.2) is 11.6 Å². The zero-order valence-electron chi connectivity index (χ0n) is 12.4. The first kappa shape index (κ1) is 15.4. The molecule has 2 saturated heterocycles. The van der Waals surface area contributed by atoms with Crippen LogP contribution in [0.5, 0.6) is 0 Å². The molecule has 0 spiro atoms. The Balaban J connectivity index is 1.72. The second-order valence-electron chi connectivity index (χ2n) is 6.08. The van der Waals surface area contributed by atoms with E-state index in [1.807, 2.05) is 0 Å². The summed E-state index contributed by atoms with van der Waals surface area (Å²) >= 11 is 0. The monoisotopic (exact) mass is 309 g/mol. The first-order valence-corrected chi connectivity index (χ1v) is 7.82. The van der Waals surface area contributed by atoms with Gasteiger partial charge in [-0.3, -0.25) is 4.79 Å². The Morgan fingerprint density at radius 1 is 1.09 bits per heavy atom. The molecule has 0 aliphatic carbocycles. The third-order valence-corrected chi connectivity index (χ3v) is 4.61. The second kappa shape index (κ2) is 6.71. The van der Waals surface area contributed by atoms with E-state index in [1.165, 1.54) is 6.07 Å². The number of piperidine rings is 1. The average Bonchev–Trinajstić information content (AvgIpc) is 3.05. The molecule has 4 nitrogen and oxygen atoms in total. The number of benzene rings is 1. The van der Waals surface area contributed by atoms with Gasteiger partial charge in [-0.2, -0.15) is 0 Å². The van der Waals surface area contributed by atoms with Crippen molar-refractivity contribution in [2.45, 2.75) is 24.8 Å². The van der Waals surface area contributed by atoms with Gasteiger partial charge in [0.25, 0.3) is 0 Å². The number of nitrogens with one attached hydrogen (secondary N) is 3. The Bertz CT molecular complexity index is 546. The lowest BCUT2D eigenvalue weighted by Crippen LogP contribution is -2.51. The number of amides is 1. The van der Waals surface area contributed by atoms with Crippen molar-refractivity contribution >= 4 is 5.91 Å². The van der Waals surface area contributed by atoms with Gasteiger partial charge in [0, 0.05) is 25.0 Å². The summed E-state index contributed by atoms with van der Waals surface area (Å²) in [4.78, 5) is 12.3. The molecular weight excluding hydrogens is 288 g/mol. The van der Waals surface area contributed by atoms with Crippen molar-refractivity contribution in [3.05, 3.63) is 35.4 Å². The third kappa shape index (κ3) is 3.28. The predicted molar refractivity (Wildman–Crippen MR) is 79.5 cm³/mol. The molecule has 3 rings (SSSR count). The first-order valence-electron chi connectivity index (χ1n) is 7.82. The van der Waals surface area contributed by atoms with Crippen LogP contribution in [-0.4, -0.2) is 38.1 Å². The number of carbonyl (C=O) groups excluding carboxylic acids is 1. The lowest BCUT2D eigenvalue weighted by molar-refractivity contribution is -0.125. The van der Waals surface area contributed by atoms with Crippen LogP contribution in [-0.2, 0) is 4.79 Å². The summed E-state index contributed by atoms with van der Waals surface area (Å²) in [5.74, 6) is -1.61. The van der Waals surface area contributed by atoms with Crippen molar-refractivity contribution < 1.29 is 13.6 Å². The third-order valence-electron chi connectivity index (χ3n) is 4.61. The lowest BCUT2D eigenvalue weighted by atomic mass is 9.85. The predicted octanol–water partition coefficient (Wildman–Crippen LogP) is 1.14. The molecule has 2 fully saturated rings. The van der Waals surface area contributed by atoms with E-state index in [0.29, 0.717) is 13.1 Å². The number of halogens is 2. The van der Waals surface area contributed by atoms with E-state index < -0.39 is 11.6 Å². The highest BCUT2D eigenvalue weighted by Gasteiger charge is 2.31. The summed E-state index contributed by atoms with van der Waals surface area (Å²) in [7, 11) is 0. The zero-order chi connectivity index (χ0) is 15.5.